The quantitative estimate of drug-likeness (QED) is 0.666. The summed E-state index contributed by atoms with van der Waals surface area (Å²) in [5.41, 5.74) is 1.14. The summed E-state index contributed by atoms with van der Waals surface area (Å²) in [6.45, 7) is 3.00. The lowest BCUT2D eigenvalue weighted by molar-refractivity contribution is 0.0692. The molecular weight excluding hydrogens is 316 g/mol. The standard InChI is InChI=1S/C21H20O4/c1-2-10-24-18-9-8-16-13-20(19(21(22)23)12-17(16)11-18)25-14-15-6-4-3-5-7-15/h3-9,11-13H,2,10,14H2,1H3,(H,22,23). The largest absolute Gasteiger partial charge is 0.494 e. The van der Waals surface area contributed by atoms with Crippen LogP contribution in [0.15, 0.2) is 60.7 Å². The maximum atomic E-state index is 11.6. The Morgan fingerprint density at radius 1 is 0.960 bits per heavy atom. The summed E-state index contributed by atoms with van der Waals surface area (Å²) in [7, 11) is 0. The van der Waals surface area contributed by atoms with Crippen molar-refractivity contribution in [2.24, 2.45) is 0 Å². The number of carbonyl (C=O) groups is 1. The number of ether oxygens (including phenoxy) is 2. The third kappa shape index (κ3) is 4.10. The molecule has 0 aliphatic carbocycles. The number of hydrogen-bond donors (Lipinski definition) is 1. The SMILES string of the molecule is CCCOc1ccc2cc(OCc3ccccc3)c(C(=O)O)cc2c1. The molecule has 0 amide bonds. The Bertz CT molecular complexity index is 872. The van der Waals surface area contributed by atoms with Crippen LogP contribution < -0.4 is 9.47 Å². The normalized spacial score (nSPS) is 10.6. The molecule has 3 rings (SSSR count). The summed E-state index contributed by atoms with van der Waals surface area (Å²) in [5.74, 6) is 0.0968. The highest BCUT2D eigenvalue weighted by Crippen LogP contribution is 2.29. The number of rotatable bonds is 7. The summed E-state index contributed by atoms with van der Waals surface area (Å²) in [4.78, 5) is 11.6. The molecule has 0 saturated carbocycles. The Balaban J connectivity index is 1.91. The van der Waals surface area contributed by atoms with Gasteiger partial charge in [0.2, 0.25) is 0 Å². The van der Waals surface area contributed by atoms with Crippen LogP contribution in [0.1, 0.15) is 29.3 Å². The molecule has 25 heavy (non-hydrogen) atoms. The van der Waals surface area contributed by atoms with Gasteiger partial charge in [-0.3, -0.25) is 0 Å². The number of carboxylic acids is 1. The van der Waals surface area contributed by atoms with Crippen LogP contribution in [0.25, 0.3) is 10.8 Å². The Morgan fingerprint density at radius 3 is 2.48 bits per heavy atom. The molecule has 1 N–H and O–H groups in total. The first-order valence-corrected chi connectivity index (χ1v) is 8.28. The maximum Gasteiger partial charge on any atom is 0.339 e. The fourth-order valence-corrected chi connectivity index (χ4v) is 2.59. The molecular formula is C21H20O4. The minimum Gasteiger partial charge on any atom is -0.494 e. The molecule has 0 aliphatic rings. The van der Waals surface area contributed by atoms with Crippen LogP contribution in [-0.4, -0.2) is 17.7 Å². The van der Waals surface area contributed by atoms with Gasteiger partial charge in [0.1, 0.15) is 23.7 Å². The summed E-state index contributed by atoms with van der Waals surface area (Å²) < 4.78 is 11.4. The minimum atomic E-state index is -1.01. The van der Waals surface area contributed by atoms with Crippen LogP contribution in [0.3, 0.4) is 0 Å². The van der Waals surface area contributed by atoms with Gasteiger partial charge >= 0.3 is 5.97 Å². The van der Waals surface area contributed by atoms with Gasteiger partial charge in [0, 0.05) is 0 Å². The van der Waals surface area contributed by atoms with E-state index in [1.165, 1.54) is 0 Å². The summed E-state index contributed by atoms with van der Waals surface area (Å²) >= 11 is 0. The van der Waals surface area contributed by atoms with Crippen molar-refractivity contribution in [3.8, 4) is 11.5 Å². The smallest absolute Gasteiger partial charge is 0.339 e. The minimum absolute atomic E-state index is 0.149. The Labute approximate surface area is 146 Å². The molecule has 0 heterocycles. The molecule has 0 saturated heterocycles. The van der Waals surface area contributed by atoms with Crippen LogP contribution in [0, 0.1) is 0 Å². The first-order valence-electron chi connectivity index (χ1n) is 8.28. The first kappa shape index (κ1) is 16.8. The fourth-order valence-electron chi connectivity index (χ4n) is 2.59. The molecule has 3 aromatic rings. The van der Waals surface area contributed by atoms with Crippen LogP contribution >= 0.6 is 0 Å². The van der Waals surface area contributed by atoms with Gasteiger partial charge in [-0.2, -0.15) is 0 Å². The number of aromatic carboxylic acids is 1. The zero-order valence-corrected chi connectivity index (χ0v) is 14.1. The van der Waals surface area contributed by atoms with Gasteiger partial charge < -0.3 is 14.6 Å². The fraction of sp³-hybridized carbons (Fsp3) is 0.190. The van der Waals surface area contributed by atoms with E-state index >= 15 is 0 Å². The van der Waals surface area contributed by atoms with Gasteiger partial charge in [0.15, 0.2) is 0 Å². The van der Waals surface area contributed by atoms with Crippen molar-refractivity contribution in [3.05, 3.63) is 71.8 Å². The molecule has 0 spiro atoms. The third-order valence-electron chi connectivity index (χ3n) is 3.85. The van der Waals surface area contributed by atoms with E-state index in [9.17, 15) is 9.90 Å². The highest BCUT2D eigenvalue weighted by molar-refractivity contribution is 5.98. The average molecular weight is 336 g/mol. The second kappa shape index (κ2) is 7.71. The van der Waals surface area contributed by atoms with Crippen LogP contribution in [0.4, 0.5) is 0 Å². The Kier molecular flexibility index (Phi) is 5.19. The monoisotopic (exact) mass is 336 g/mol. The van der Waals surface area contributed by atoms with E-state index in [2.05, 4.69) is 0 Å². The number of fused-ring (bicyclic) bond motifs is 1. The van der Waals surface area contributed by atoms with Gasteiger partial charge in [-0.05, 0) is 47.0 Å². The Hall–Kier alpha value is -3.01. The van der Waals surface area contributed by atoms with Crippen molar-refractivity contribution < 1.29 is 19.4 Å². The molecule has 0 fully saturated rings. The summed E-state index contributed by atoms with van der Waals surface area (Å²) in [6.07, 6.45) is 0.921. The second-order valence-electron chi connectivity index (χ2n) is 5.79. The molecule has 0 unspecified atom stereocenters. The van der Waals surface area contributed by atoms with Crippen molar-refractivity contribution in [2.45, 2.75) is 20.0 Å². The van der Waals surface area contributed by atoms with Crippen molar-refractivity contribution in [1.29, 1.82) is 0 Å². The molecule has 3 aromatic carbocycles. The topological polar surface area (TPSA) is 55.8 Å². The number of carboxylic acid groups (broad SMARTS) is 1. The molecule has 0 bridgehead atoms. The van der Waals surface area contributed by atoms with Crippen molar-refractivity contribution >= 4 is 16.7 Å². The molecule has 0 aliphatic heterocycles. The van der Waals surface area contributed by atoms with Gasteiger partial charge in [-0.1, -0.05) is 43.3 Å². The van der Waals surface area contributed by atoms with Crippen molar-refractivity contribution in [1.82, 2.24) is 0 Å². The molecule has 0 aromatic heterocycles. The van der Waals surface area contributed by atoms with E-state index in [1.54, 1.807) is 12.1 Å². The van der Waals surface area contributed by atoms with E-state index < -0.39 is 5.97 Å². The first-order chi connectivity index (χ1) is 12.2. The highest BCUT2D eigenvalue weighted by Gasteiger charge is 2.14. The van der Waals surface area contributed by atoms with E-state index in [0.29, 0.717) is 19.0 Å². The van der Waals surface area contributed by atoms with E-state index in [4.69, 9.17) is 9.47 Å². The van der Waals surface area contributed by atoms with Crippen LogP contribution in [0.2, 0.25) is 0 Å². The van der Waals surface area contributed by atoms with Gasteiger partial charge in [0.05, 0.1) is 6.61 Å². The predicted octanol–water partition coefficient (Wildman–Crippen LogP) is 4.91. The average Bonchev–Trinajstić information content (AvgIpc) is 2.64. The van der Waals surface area contributed by atoms with Gasteiger partial charge in [-0.15, -0.1) is 0 Å². The number of hydrogen-bond acceptors (Lipinski definition) is 3. The highest BCUT2D eigenvalue weighted by atomic mass is 16.5. The molecule has 0 radical (unpaired) electrons. The summed E-state index contributed by atoms with van der Waals surface area (Å²) in [5, 5.41) is 11.3. The molecule has 0 atom stereocenters. The molecule has 4 heteroatoms. The zero-order valence-electron chi connectivity index (χ0n) is 14.1. The lowest BCUT2D eigenvalue weighted by Crippen LogP contribution is -2.04. The van der Waals surface area contributed by atoms with Gasteiger partial charge in [-0.25, -0.2) is 4.79 Å². The van der Waals surface area contributed by atoms with Gasteiger partial charge in [0.25, 0.3) is 0 Å². The van der Waals surface area contributed by atoms with E-state index in [0.717, 1.165) is 28.5 Å². The van der Waals surface area contributed by atoms with Crippen LogP contribution in [0.5, 0.6) is 11.5 Å². The summed E-state index contributed by atoms with van der Waals surface area (Å²) in [6, 6.07) is 18.7. The lowest BCUT2D eigenvalue weighted by atomic mass is 10.1. The zero-order chi connectivity index (χ0) is 17.6. The van der Waals surface area contributed by atoms with E-state index in [-0.39, 0.29) is 5.56 Å². The molecule has 4 nitrogen and oxygen atoms in total. The van der Waals surface area contributed by atoms with Crippen LogP contribution in [-0.2, 0) is 6.61 Å². The third-order valence-corrected chi connectivity index (χ3v) is 3.85. The van der Waals surface area contributed by atoms with Crippen molar-refractivity contribution in [3.63, 3.8) is 0 Å². The predicted molar refractivity (Wildman–Crippen MR) is 97.5 cm³/mol. The van der Waals surface area contributed by atoms with Crippen molar-refractivity contribution in [2.75, 3.05) is 6.61 Å². The lowest BCUT2D eigenvalue weighted by Gasteiger charge is -2.12. The van der Waals surface area contributed by atoms with E-state index in [1.807, 2.05) is 55.5 Å². The molecule has 128 valence electrons. The second-order valence-corrected chi connectivity index (χ2v) is 5.79. The maximum absolute atomic E-state index is 11.6. The number of benzene rings is 3. The Morgan fingerprint density at radius 2 is 1.76 bits per heavy atom.